The molecule has 0 spiro atoms. The lowest BCUT2D eigenvalue weighted by Crippen LogP contribution is -2.15. The predicted molar refractivity (Wildman–Crippen MR) is 249 cm³/mol. The van der Waals surface area contributed by atoms with E-state index in [1.807, 2.05) is 85.8 Å². The quantitative estimate of drug-likeness (QED) is 0.0797. The van der Waals surface area contributed by atoms with Crippen LogP contribution in [-0.4, -0.2) is 30.5 Å². The Hall–Kier alpha value is -2.50. The fourth-order valence-corrected chi connectivity index (χ4v) is 11.3. The topological polar surface area (TPSA) is 48.4 Å². The van der Waals surface area contributed by atoms with Crippen LogP contribution in [0.3, 0.4) is 0 Å². The van der Waals surface area contributed by atoms with Crippen molar-refractivity contribution in [1.82, 2.24) is 4.98 Å². The fraction of sp³-hybridized carbons (Fsp3) is 0.256. The number of rotatable bonds is 14. The number of thiocarbonyl (C=S) groups is 3. The molecule has 1 heterocycles. The number of benzene rings is 4. The number of nitrogens with zero attached hydrogens (tertiary/aromatic N) is 1. The summed E-state index contributed by atoms with van der Waals surface area (Å²) in [5.74, 6) is 0.899. The first-order chi connectivity index (χ1) is 26.0. The van der Waals surface area contributed by atoms with Crippen molar-refractivity contribution in [3.05, 3.63) is 174 Å². The largest absolute Gasteiger partial charge is 0.378 e. The van der Waals surface area contributed by atoms with Crippen LogP contribution in [-0.2, 0) is 30.5 Å². The molecular weight excluding hydrogens is 802 g/mol. The number of hydrogen-bond acceptors (Lipinski definition) is 10. The molecule has 0 amide bonds. The average Bonchev–Trinajstić information content (AvgIpc) is 3.19. The maximum Gasteiger partial charge on any atom is 0.378 e. The summed E-state index contributed by atoms with van der Waals surface area (Å²) in [6.45, 7) is 10.7. The summed E-state index contributed by atoms with van der Waals surface area (Å²) in [4.78, 5) is 4.23. The van der Waals surface area contributed by atoms with Gasteiger partial charge in [0.2, 0.25) is 0 Å². The highest BCUT2D eigenvalue weighted by Crippen LogP contribution is 2.55. The Morgan fingerprint density at radius 3 is 1.74 bits per heavy atom. The second kappa shape index (κ2) is 24.9. The van der Waals surface area contributed by atoms with Gasteiger partial charge in [0.05, 0.1) is 27.3 Å². The molecule has 0 fully saturated rings. The molecule has 5 rings (SSSR count). The van der Waals surface area contributed by atoms with Crippen molar-refractivity contribution in [1.29, 1.82) is 0 Å². The highest BCUT2D eigenvalue weighted by molar-refractivity contribution is 8.35. The van der Waals surface area contributed by atoms with Crippen molar-refractivity contribution in [2.75, 3.05) is 13.2 Å². The monoisotopic (exact) mass is 849 g/mol. The van der Waals surface area contributed by atoms with Gasteiger partial charge in [-0.05, 0) is 69.0 Å². The third-order valence-corrected chi connectivity index (χ3v) is 14.9. The molecule has 5 aromatic rings. The van der Waals surface area contributed by atoms with Crippen molar-refractivity contribution in [2.45, 2.75) is 56.8 Å². The summed E-state index contributed by atoms with van der Waals surface area (Å²) in [5.41, 5.74) is 5.90. The summed E-state index contributed by atoms with van der Waals surface area (Å²) in [6.07, 6.45) is 2.63. The van der Waals surface area contributed by atoms with Gasteiger partial charge in [-0.25, -0.2) is 0 Å². The zero-order chi connectivity index (χ0) is 39.2. The summed E-state index contributed by atoms with van der Waals surface area (Å²) >= 11 is 20.9. The first-order valence-electron chi connectivity index (χ1n) is 17.6. The normalized spacial score (nSPS) is 11.6. The van der Waals surface area contributed by atoms with Crippen LogP contribution in [0, 0.1) is 0 Å². The maximum atomic E-state index is 12.5. The molecule has 0 bridgehead atoms. The van der Waals surface area contributed by atoms with Crippen LogP contribution in [0.4, 0.5) is 0 Å². The zero-order valence-corrected chi connectivity index (χ0v) is 37.1. The SMILES string of the molecule is CC(C)(SC(=S)Cc1ccccc1)c1ccccc1.CCOP(=O)(OCC)C(=S)SC(C)c1ccccc1.S=C(SCc1ccccc1)c1ccccn1. The average molecular weight is 850 g/mol. The molecule has 284 valence electrons. The first kappa shape index (κ1) is 45.9. The first-order valence-corrected chi connectivity index (χ1v) is 23.0. The molecule has 54 heavy (non-hydrogen) atoms. The van der Waals surface area contributed by atoms with Crippen LogP contribution >= 0.6 is 79.5 Å². The lowest BCUT2D eigenvalue weighted by molar-refractivity contribution is 0.233. The standard InChI is InChI=1S/C17H18S2.C13H11NS2.C13H19O3PS2/c1-17(2,15-11-7-4-8-12-15)19-16(18)13-14-9-5-3-6-10-14;15-13(12-8-4-5-9-14-12)16-10-11-6-2-1-3-7-11;1-4-15-17(14,16-5-2)13(18)19-11(3)12-9-7-6-8-10-12/h3-12H,13H2,1-2H3;1-9H,10H2;6-11H,4-5H2,1-3H3. The molecule has 1 atom stereocenters. The van der Waals surface area contributed by atoms with Gasteiger partial charge in [0.1, 0.15) is 0 Å². The van der Waals surface area contributed by atoms with Crippen LogP contribution in [0.2, 0.25) is 0 Å². The summed E-state index contributed by atoms with van der Waals surface area (Å²) in [5, 5.41) is 0.114. The summed E-state index contributed by atoms with van der Waals surface area (Å²) in [6, 6.07) is 47.0. The third-order valence-electron chi connectivity index (χ3n) is 7.48. The van der Waals surface area contributed by atoms with E-state index in [0.29, 0.717) is 17.2 Å². The highest BCUT2D eigenvalue weighted by atomic mass is 32.2. The molecule has 0 aliphatic heterocycles. The molecule has 0 N–H and O–H groups in total. The van der Waals surface area contributed by atoms with E-state index in [0.717, 1.165) is 31.8 Å². The molecule has 1 aromatic heterocycles. The lowest BCUT2D eigenvalue weighted by atomic mass is 10.0. The van der Waals surface area contributed by atoms with Crippen LogP contribution in [0.5, 0.6) is 0 Å². The van der Waals surface area contributed by atoms with Crippen molar-refractivity contribution < 1.29 is 13.6 Å². The zero-order valence-electron chi connectivity index (χ0n) is 31.3. The van der Waals surface area contributed by atoms with Gasteiger partial charge in [-0.2, -0.15) is 0 Å². The number of thioether (sulfide) groups is 3. The van der Waals surface area contributed by atoms with E-state index in [-0.39, 0.29) is 10.00 Å². The van der Waals surface area contributed by atoms with Crippen LogP contribution in [0.1, 0.15) is 67.8 Å². The summed E-state index contributed by atoms with van der Waals surface area (Å²) < 4.78 is 25.2. The van der Waals surface area contributed by atoms with E-state index in [4.69, 9.17) is 45.7 Å². The molecule has 0 aliphatic carbocycles. The minimum atomic E-state index is -3.29. The minimum absolute atomic E-state index is 0.0210. The van der Waals surface area contributed by atoms with Crippen LogP contribution in [0.25, 0.3) is 0 Å². The molecule has 4 aromatic carbocycles. The fourth-order valence-electron chi connectivity index (χ4n) is 4.75. The molecule has 11 heteroatoms. The molecular formula is C43H48NO3PS6. The Labute approximate surface area is 351 Å². The second-order valence-electron chi connectivity index (χ2n) is 12.1. The van der Waals surface area contributed by atoms with Crippen molar-refractivity contribution in [3.63, 3.8) is 0 Å². The molecule has 0 radical (unpaired) electrons. The van der Waals surface area contributed by atoms with E-state index in [1.54, 1.807) is 43.6 Å². The van der Waals surface area contributed by atoms with Crippen LogP contribution in [0.15, 0.2) is 146 Å². The van der Waals surface area contributed by atoms with Crippen molar-refractivity contribution in [3.8, 4) is 0 Å². The van der Waals surface area contributed by atoms with Crippen molar-refractivity contribution >= 4 is 91.9 Å². The van der Waals surface area contributed by atoms with Gasteiger partial charge in [0.25, 0.3) is 0 Å². The number of hydrogen-bond donors (Lipinski definition) is 0. The maximum absolute atomic E-state index is 12.5. The third kappa shape index (κ3) is 16.7. The predicted octanol–water partition coefficient (Wildman–Crippen LogP) is 13.9. The van der Waals surface area contributed by atoms with E-state index in [9.17, 15) is 4.57 Å². The molecule has 4 nitrogen and oxygen atoms in total. The van der Waals surface area contributed by atoms with E-state index in [1.165, 1.54) is 28.5 Å². The Balaban J connectivity index is 0.000000219. The Morgan fingerprint density at radius 2 is 1.22 bits per heavy atom. The van der Waals surface area contributed by atoms with Gasteiger partial charge in [-0.3, -0.25) is 9.55 Å². The van der Waals surface area contributed by atoms with Gasteiger partial charge in [0.15, 0.2) is 3.94 Å². The van der Waals surface area contributed by atoms with E-state index in [2.05, 4.69) is 79.5 Å². The van der Waals surface area contributed by atoms with Crippen molar-refractivity contribution in [2.24, 2.45) is 0 Å². The Bertz CT molecular complexity index is 1870. The van der Waals surface area contributed by atoms with Gasteiger partial charge < -0.3 is 9.05 Å². The molecule has 0 aliphatic rings. The smallest absolute Gasteiger partial charge is 0.305 e. The highest BCUT2D eigenvalue weighted by Gasteiger charge is 2.32. The Kier molecular flexibility index (Phi) is 21.2. The number of aromatic nitrogens is 1. The van der Waals surface area contributed by atoms with E-state index < -0.39 is 7.60 Å². The van der Waals surface area contributed by atoms with Gasteiger partial charge in [-0.1, -0.05) is 176 Å². The van der Waals surface area contributed by atoms with Crippen LogP contribution < -0.4 is 0 Å². The van der Waals surface area contributed by atoms with Gasteiger partial charge in [0, 0.05) is 28.4 Å². The molecule has 0 saturated heterocycles. The lowest BCUT2D eigenvalue weighted by Gasteiger charge is -2.25. The second-order valence-corrected chi connectivity index (χ2v) is 20.8. The number of pyridine rings is 1. The van der Waals surface area contributed by atoms with E-state index >= 15 is 0 Å². The van der Waals surface area contributed by atoms with Gasteiger partial charge in [-0.15, -0.1) is 23.5 Å². The molecule has 0 saturated carbocycles. The molecule has 1 unspecified atom stereocenters. The Morgan fingerprint density at radius 1 is 0.722 bits per heavy atom. The van der Waals surface area contributed by atoms with Gasteiger partial charge >= 0.3 is 7.60 Å². The minimum Gasteiger partial charge on any atom is -0.305 e. The summed E-state index contributed by atoms with van der Waals surface area (Å²) in [7, 11) is -3.29.